The maximum Gasteiger partial charge on any atom is 0.264 e. The molecule has 174 valence electrons. The van der Waals surface area contributed by atoms with Gasteiger partial charge in [0.2, 0.25) is 0 Å². The summed E-state index contributed by atoms with van der Waals surface area (Å²) >= 11 is 32.7. The van der Waals surface area contributed by atoms with Crippen molar-refractivity contribution in [3.63, 3.8) is 0 Å². The van der Waals surface area contributed by atoms with Crippen molar-refractivity contribution in [2.75, 3.05) is 0 Å². The Morgan fingerprint density at radius 2 is 1.74 bits per heavy atom. The van der Waals surface area contributed by atoms with Gasteiger partial charge in [0.05, 0.1) is 29.6 Å². The second-order valence-corrected chi connectivity index (χ2v) is 11.3. The number of carbonyl (C=O) groups excluding carboxylic acids is 1. The minimum Gasteiger partial charge on any atom is -0.486 e. The lowest BCUT2D eigenvalue weighted by atomic mass is 10.2. The standard InChI is InChI=1S/C23H12Br2Cl4N2O2S/c24-14-6-11(7-15(25)21(14)33-10-12-4-5-13(26)9-17(12)28)8-19-22(32)31-23(34-19)30-18-3-1-2-16(27)20(18)29/h1-9H,10H2,(H,30,31,32)/b19-8-. The summed E-state index contributed by atoms with van der Waals surface area (Å²) in [7, 11) is 0. The Balaban J connectivity index is 1.52. The van der Waals surface area contributed by atoms with Gasteiger partial charge in [-0.2, -0.15) is 0 Å². The molecule has 0 spiro atoms. The largest absolute Gasteiger partial charge is 0.486 e. The summed E-state index contributed by atoms with van der Waals surface area (Å²) in [6.07, 6.45) is 1.76. The first-order valence-electron chi connectivity index (χ1n) is 9.50. The fourth-order valence-electron chi connectivity index (χ4n) is 2.91. The van der Waals surface area contributed by atoms with E-state index in [0.29, 0.717) is 50.5 Å². The smallest absolute Gasteiger partial charge is 0.264 e. The van der Waals surface area contributed by atoms with E-state index in [4.69, 9.17) is 51.1 Å². The van der Waals surface area contributed by atoms with Crippen LogP contribution < -0.4 is 10.1 Å². The molecule has 1 aliphatic rings. The molecule has 0 atom stereocenters. The molecular formula is C23H12Br2Cl4N2O2S. The molecule has 4 nitrogen and oxygen atoms in total. The summed E-state index contributed by atoms with van der Waals surface area (Å²) < 4.78 is 7.38. The van der Waals surface area contributed by atoms with E-state index in [9.17, 15) is 4.79 Å². The highest BCUT2D eigenvalue weighted by Gasteiger charge is 2.24. The van der Waals surface area contributed by atoms with Crippen LogP contribution in [0.3, 0.4) is 0 Å². The lowest BCUT2D eigenvalue weighted by Gasteiger charge is -2.12. The normalized spacial score (nSPS) is 15.8. The highest BCUT2D eigenvalue weighted by atomic mass is 79.9. The van der Waals surface area contributed by atoms with E-state index in [2.05, 4.69) is 42.2 Å². The molecule has 3 aromatic carbocycles. The fourth-order valence-corrected chi connectivity index (χ4v) is 6.00. The topological polar surface area (TPSA) is 50.7 Å². The number of hydrogen-bond donors (Lipinski definition) is 1. The van der Waals surface area contributed by atoms with Crippen LogP contribution in [0.5, 0.6) is 5.75 Å². The molecule has 1 N–H and O–H groups in total. The van der Waals surface area contributed by atoms with Gasteiger partial charge in [-0.3, -0.25) is 4.79 Å². The van der Waals surface area contributed by atoms with Crippen molar-refractivity contribution in [3.05, 3.63) is 93.6 Å². The Hall–Kier alpha value is -1.19. The number of ether oxygens (including phenoxy) is 1. The third-order valence-electron chi connectivity index (χ3n) is 4.51. The molecule has 1 saturated heterocycles. The Bertz CT molecular complexity index is 1340. The zero-order valence-corrected chi connectivity index (χ0v) is 23.9. The van der Waals surface area contributed by atoms with Gasteiger partial charge < -0.3 is 10.1 Å². The van der Waals surface area contributed by atoms with Gasteiger partial charge in [-0.1, -0.05) is 58.5 Å². The zero-order valence-electron chi connectivity index (χ0n) is 16.8. The summed E-state index contributed by atoms with van der Waals surface area (Å²) in [5.74, 6) is 0.349. The van der Waals surface area contributed by atoms with Gasteiger partial charge in [-0.05, 0) is 91.7 Å². The Morgan fingerprint density at radius 1 is 1.00 bits per heavy atom. The predicted octanol–water partition coefficient (Wildman–Crippen LogP) is 9.30. The summed E-state index contributed by atoms with van der Waals surface area (Å²) in [5.41, 5.74) is 2.07. The summed E-state index contributed by atoms with van der Waals surface area (Å²) in [4.78, 5) is 17.4. The van der Waals surface area contributed by atoms with E-state index in [1.54, 1.807) is 36.4 Å². The summed E-state index contributed by atoms with van der Waals surface area (Å²) in [6, 6.07) is 14.1. The molecule has 3 aromatic rings. The van der Waals surface area contributed by atoms with Crippen molar-refractivity contribution in [3.8, 4) is 5.75 Å². The number of amidine groups is 1. The Kier molecular flexibility index (Phi) is 8.57. The second-order valence-electron chi connectivity index (χ2n) is 6.89. The number of benzene rings is 3. The minimum atomic E-state index is -0.258. The lowest BCUT2D eigenvalue weighted by Crippen LogP contribution is -2.19. The third kappa shape index (κ3) is 6.13. The molecule has 1 amide bonds. The number of thioether (sulfide) groups is 1. The van der Waals surface area contributed by atoms with E-state index in [-0.39, 0.29) is 12.5 Å². The highest BCUT2D eigenvalue weighted by molar-refractivity contribution is 9.11. The predicted molar refractivity (Wildman–Crippen MR) is 150 cm³/mol. The molecule has 11 heteroatoms. The number of halogens is 6. The van der Waals surface area contributed by atoms with Gasteiger partial charge in [-0.25, -0.2) is 4.99 Å². The molecule has 0 saturated carbocycles. The maximum absolute atomic E-state index is 12.5. The first-order valence-corrected chi connectivity index (χ1v) is 13.4. The van der Waals surface area contributed by atoms with E-state index in [0.717, 1.165) is 11.1 Å². The average Bonchev–Trinajstić information content (AvgIpc) is 3.10. The number of rotatable bonds is 5. The summed E-state index contributed by atoms with van der Waals surface area (Å²) in [5, 5.41) is 4.97. The first kappa shape index (κ1) is 25.9. The molecule has 0 aromatic heterocycles. The molecule has 0 bridgehead atoms. The monoisotopic (exact) mass is 678 g/mol. The number of carbonyl (C=O) groups is 1. The van der Waals surface area contributed by atoms with Crippen LogP contribution in [0, 0.1) is 0 Å². The Labute approximate surface area is 236 Å². The molecule has 1 heterocycles. The SMILES string of the molecule is O=C1NC(=Nc2cccc(Cl)c2Cl)S/C1=C\c1cc(Br)c(OCc2ccc(Cl)cc2Cl)c(Br)c1. The van der Waals surface area contributed by atoms with Crippen molar-refractivity contribution in [2.45, 2.75) is 6.61 Å². The van der Waals surface area contributed by atoms with Gasteiger partial charge in [-0.15, -0.1) is 0 Å². The van der Waals surface area contributed by atoms with Crippen molar-refractivity contribution in [2.24, 2.45) is 4.99 Å². The highest BCUT2D eigenvalue weighted by Crippen LogP contribution is 2.38. The number of nitrogens with zero attached hydrogens (tertiary/aromatic N) is 1. The van der Waals surface area contributed by atoms with Crippen LogP contribution in [0.25, 0.3) is 6.08 Å². The average molecular weight is 682 g/mol. The van der Waals surface area contributed by atoms with E-state index >= 15 is 0 Å². The zero-order chi connectivity index (χ0) is 24.4. The van der Waals surface area contributed by atoms with Crippen molar-refractivity contribution >= 4 is 113 Å². The molecular weight excluding hydrogens is 670 g/mol. The van der Waals surface area contributed by atoms with Gasteiger partial charge in [0.1, 0.15) is 12.4 Å². The number of hydrogen-bond acceptors (Lipinski definition) is 4. The number of amides is 1. The van der Waals surface area contributed by atoms with Crippen LogP contribution in [-0.4, -0.2) is 11.1 Å². The molecule has 1 fully saturated rings. The van der Waals surface area contributed by atoms with Gasteiger partial charge >= 0.3 is 0 Å². The lowest BCUT2D eigenvalue weighted by molar-refractivity contribution is -0.115. The van der Waals surface area contributed by atoms with Gasteiger partial charge in [0.25, 0.3) is 5.91 Å². The summed E-state index contributed by atoms with van der Waals surface area (Å²) in [6.45, 7) is 0.262. The van der Waals surface area contributed by atoms with Crippen molar-refractivity contribution in [1.82, 2.24) is 5.32 Å². The minimum absolute atomic E-state index is 0.258. The molecule has 1 aliphatic heterocycles. The van der Waals surface area contributed by atoms with Crippen LogP contribution in [-0.2, 0) is 11.4 Å². The quantitative estimate of drug-likeness (QED) is 0.273. The molecule has 0 radical (unpaired) electrons. The van der Waals surface area contributed by atoms with E-state index < -0.39 is 0 Å². The molecule has 34 heavy (non-hydrogen) atoms. The Morgan fingerprint density at radius 3 is 2.44 bits per heavy atom. The van der Waals surface area contributed by atoms with Crippen LogP contribution in [0.2, 0.25) is 20.1 Å². The second kappa shape index (κ2) is 11.2. The molecule has 0 aliphatic carbocycles. The van der Waals surface area contributed by atoms with Gasteiger partial charge in [0, 0.05) is 15.6 Å². The third-order valence-corrected chi connectivity index (χ3v) is 7.99. The maximum atomic E-state index is 12.5. The van der Waals surface area contributed by atoms with E-state index in [1.165, 1.54) is 11.8 Å². The molecule has 0 unspecified atom stereocenters. The van der Waals surface area contributed by atoms with Crippen LogP contribution >= 0.6 is 90.0 Å². The van der Waals surface area contributed by atoms with Crippen LogP contribution in [0.1, 0.15) is 11.1 Å². The number of nitrogens with one attached hydrogen (secondary N) is 1. The van der Waals surface area contributed by atoms with Gasteiger partial charge in [0.15, 0.2) is 5.17 Å². The van der Waals surface area contributed by atoms with Crippen LogP contribution in [0.15, 0.2) is 67.4 Å². The fraction of sp³-hybridized carbons (Fsp3) is 0.0435. The van der Waals surface area contributed by atoms with Crippen molar-refractivity contribution < 1.29 is 9.53 Å². The first-order chi connectivity index (χ1) is 16.2. The van der Waals surface area contributed by atoms with Crippen LogP contribution in [0.4, 0.5) is 5.69 Å². The van der Waals surface area contributed by atoms with E-state index in [1.807, 2.05) is 18.2 Å². The number of aliphatic imine (C=N–C) groups is 1. The molecule has 4 rings (SSSR count). The van der Waals surface area contributed by atoms with Crippen molar-refractivity contribution in [1.29, 1.82) is 0 Å².